The van der Waals surface area contributed by atoms with Crippen LogP contribution in [0.1, 0.15) is 0 Å². The van der Waals surface area contributed by atoms with Crippen molar-refractivity contribution in [2.45, 2.75) is 0 Å². The summed E-state index contributed by atoms with van der Waals surface area (Å²) in [4.78, 5) is 14.3. The Kier molecular flexibility index (Phi) is 3.19. The number of aromatic nitrogens is 1. The van der Waals surface area contributed by atoms with Crippen molar-refractivity contribution in [3.05, 3.63) is 24.4 Å². The lowest BCUT2D eigenvalue weighted by molar-refractivity contribution is 0.170. The van der Waals surface area contributed by atoms with Gasteiger partial charge in [0, 0.05) is 6.20 Å². The van der Waals surface area contributed by atoms with Crippen LogP contribution in [0.25, 0.3) is 0 Å². The molecule has 0 bridgehead atoms. The molecule has 1 rings (SSSR count). The summed E-state index contributed by atoms with van der Waals surface area (Å²) in [6, 6.07) is 4.87. The fourth-order valence-corrected chi connectivity index (χ4v) is 0.845. The van der Waals surface area contributed by atoms with Crippen molar-refractivity contribution in [2.75, 3.05) is 5.43 Å². The average molecular weight is 213 g/mol. The quantitative estimate of drug-likeness (QED) is 0.506. The third kappa shape index (κ3) is 2.56. The van der Waals surface area contributed by atoms with Gasteiger partial charge in [0.1, 0.15) is 5.82 Å². The lowest BCUT2D eigenvalue weighted by Gasteiger charge is -2.16. The van der Waals surface area contributed by atoms with Crippen LogP contribution in [0.3, 0.4) is 0 Å². The highest BCUT2D eigenvalue weighted by Crippen LogP contribution is 2.02. The van der Waals surface area contributed by atoms with E-state index in [1.165, 1.54) is 12.3 Å². The minimum absolute atomic E-state index is 0.270. The molecule has 0 radical (unpaired) electrons. The van der Waals surface area contributed by atoms with Crippen LogP contribution in [0.15, 0.2) is 24.4 Å². The molecule has 0 unspecified atom stereocenters. The van der Waals surface area contributed by atoms with Crippen LogP contribution >= 0.6 is 12.2 Å². The third-order valence-corrected chi connectivity index (χ3v) is 1.46. The van der Waals surface area contributed by atoms with Gasteiger partial charge < -0.3 is 10.2 Å². The summed E-state index contributed by atoms with van der Waals surface area (Å²) in [6.45, 7) is 0. The highest BCUT2D eigenvalue weighted by Gasteiger charge is 2.16. The van der Waals surface area contributed by atoms with Gasteiger partial charge in [0.2, 0.25) is 0 Å². The van der Waals surface area contributed by atoms with Crippen molar-refractivity contribution in [1.82, 2.24) is 9.99 Å². The molecule has 0 saturated heterocycles. The number of hydrogen-bond acceptors (Lipinski definition) is 4. The minimum atomic E-state index is -1.41. The number of pyridine rings is 1. The molecule has 6 nitrogen and oxygen atoms in total. The molecular weight excluding hydrogens is 206 g/mol. The van der Waals surface area contributed by atoms with Gasteiger partial charge in [0.05, 0.1) is 0 Å². The number of aliphatic hydroxyl groups is 1. The van der Waals surface area contributed by atoms with Crippen LogP contribution < -0.4 is 5.43 Å². The minimum Gasteiger partial charge on any atom is -0.485 e. The zero-order valence-electron chi connectivity index (χ0n) is 6.91. The van der Waals surface area contributed by atoms with E-state index >= 15 is 0 Å². The third-order valence-electron chi connectivity index (χ3n) is 1.27. The number of nitrogens with zero attached hydrogens (tertiary/aromatic N) is 2. The monoisotopic (exact) mass is 213 g/mol. The molecule has 0 atom stereocenters. The standard InChI is InChI=1S/C7H7N3O3S/c11-6(12)10(7(13)14)9-5-3-1-2-4-8-5/h1-4H,(H,8,9)(H,11,12)(H,13,14). The Balaban J connectivity index is 2.75. The van der Waals surface area contributed by atoms with Crippen molar-refractivity contribution in [3.63, 3.8) is 0 Å². The highest BCUT2D eigenvalue weighted by molar-refractivity contribution is 7.79. The molecule has 7 heteroatoms. The second-order valence-corrected chi connectivity index (χ2v) is 2.59. The highest BCUT2D eigenvalue weighted by atomic mass is 32.1. The Morgan fingerprint density at radius 3 is 2.64 bits per heavy atom. The molecule has 1 amide bonds. The van der Waals surface area contributed by atoms with Crippen molar-refractivity contribution >= 4 is 29.3 Å². The lowest BCUT2D eigenvalue weighted by Crippen LogP contribution is -2.39. The number of hydrogen-bond donors (Lipinski definition) is 3. The summed E-state index contributed by atoms with van der Waals surface area (Å²) in [5, 5.41) is 17.0. The van der Waals surface area contributed by atoms with Crippen LogP contribution in [0, 0.1) is 0 Å². The Bertz CT molecular complexity index is 329. The van der Waals surface area contributed by atoms with Gasteiger partial charge in [0.15, 0.2) is 0 Å². The summed E-state index contributed by atoms with van der Waals surface area (Å²) < 4.78 is 0. The first-order valence-electron chi connectivity index (χ1n) is 3.55. The summed E-state index contributed by atoms with van der Waals surface area (Å²) >= 11 is 4.30. The number of hydrazine groups is 1. The van der Waals surface area contributed by atoms with Gasteiger partial charge in [-0.25, -0.2) is 9.78 Å². The maximum absolute atomic E-state index is 10.5. The SMILES string of the molecule is O=C(O)N(Nc1ccccn1)C(O)=S. The van der Waals surface area contributed by atoms with Gasteiger partial charge in [-0.15, -0.1) is 5.01 Å². The van der Waals surface area contributed by atoms with Crippen LogP contribution in [0.5, 0.6) is 0 Å². The molecule has 74 valence electrons. The Hall–Kier alpha value is -1.89. The Labute approximate surface area is 84.8 Å². The maximum Gasteiger partial charge on any atom is 0.434 e. The zero-order chi connectivity index (χ0) is 10.6. The van der Waals surface area contributed by atoms with Gasteiger partial charge in [-0.05, 0) is 24.4 Å². The van der Waals surface area contributed by atoms with Crippen LogP contribution in [-0.2, 0) is 0 Å². The largest absolute Gasteiger partial charge is 0.485 e. The van der Waals surface area contributed by atoms with E-state index in [4.69, 9.17) is 10.2 Å². The van der Waals surface area contributed by atoms with Crippen LogP contribution in [0.4, 0.5) is 10.6 Å². The molecule has 0 aromatic carbocycles. The number of anilines is 1. The summed E-state index contributed by atoms with van der Waals surface area (Å²) in [5.41, 5.74) is 2.31. The molecule has 1 aromatic rings. The van der Waals surface area contributed by atoms with E-state index in [0.29, 0.717) is 5.01 Å². The molecule has 1 aromatic heterocycles. The second-order valence-electron chi connectivity index (χ2n) is 2.23. The molecule has 0 aliphatic carbocycles. The Morgan fingerprint density at radius 1 is 1.50 bits per heavy atom. The molecular formula is C7H7N3O3S. The summed E-state index contributed by atoms with van der Waals surface area (Å²) in [5.74, 6) is 0.270. The van der Waals surface area contributed by atoms with Crippen LogP contribution in [-0.4, -0.2) is 31.5 Å². The number of nitrogens with one attached hydrogen (secondary N) is 1. The Morgan fingerprint density at radius 2 is 2.21 bits per heavy atom. The normalized spacial score (nSPS) is 9.14. The first-order chi connectivity index (χ1) is 6.61. The van der Waals surface area contributed by atoms with E-state index in [1.54, 1.807) is 12.1 Å². The average Bonchev–Trinajstić information content (AvgIpc) is 2.15. The van der Waals surface area contributed by atoms with Gasteiger partial charge in [0.25, 0.3) is 5.17 Å². The van der Waals surface area contributed by atoms with Crippen molar-refractivity contribution < 1.29 is 15.0 Å². The second kappa shape index (κ2) is 4.38. The first-order valence-corrected chi connectivity index (χ1v) is 3.96. The lowest BCUT2D eigenvalue weighted by atomic mass is 10.5. The zero-order valence-corrected chi connectivity index (χ0v) is 7.73. The molecule has 0 aliphatic rings. The predicted octanol–water partition coefficient (Wildman–Crippen LogP) is 1.23. The van der Waals surface area contributed by atoms with E-state index in [2.05, 4.69) is 22.6 Å². The number of aliphatic hydroxyl groups excluding tert-OH is 1. The molecule has 1 heterocycles. The predicted molar refractivity (Wildman–Crippen MR) is 53.0 cm³/mol. The van der Waals surface area contributed by atoms with Crippen molar-refractivity contribution in [1.29, 1.82) is 0 Å². The number of rotatable bonds is 2. The molecule has 3 N–H and O–H groups in total. The van der Waals surface area contributed by atoms with E-state index in [0.717, 1.165) is 0 Å². The molecule has 14 heavy (non-hydrogen) atoms. The number of amides is 1. The van der Waals surface area contributed by atoms with Gasteiger partial charge >= 0.3 is 6.09 Å². The smallest absolute Gasteiger partial charge is 0.434 e. The first kappa shape index (κ1) is 10.2. The van der Waals surface area contributed by atoms with Crippen molar-refractivity contribution in [3.8, 4) is 0 Å². The van der Waals surface area contributed by atoms with Gasteiger partial charge in [-0.1, -0.05) is 6.07 Å². The molecule has 0 fully saturated rings. The molecule has 0 saturated carbocycles. The number of carbonyl (C=O) groups is 1. The maximum atomic E-state index is 10.5. The van der Waals surface area contributed by atoms with E-state index in [-0.39, 0.29) is 5.82 Å². The number of thiocarbonyl (C=S) groups is 1. The van der Waals surface area contributed by atoms with Crippen molar-refractivity contribution in [2.24, 2.45) is 0 Å². The van der Waals surface area contributed by atoms with E-state index in [1.807, 2.05) is 0 Å². The van der Waals surface area contributed by atoms with Gasteiger partial charge in [-0.3, -0.25) is 5.43 Å². The fraction of sp³-hybridized carbons (Fsp3) is 0. The van der Waals surface area contributed by atoms with Gasteiger partial charge in [-0.2, -0.15) is 0 Å². The summed E-state index contributed by atoms with van der Waals surface area (Å²) in [7, 11) is 0. The van der Waals surface area contributed by atoms with E-state index < -0.39 is 11.3 Å². The molecule has 0 aliphatic heterocycles. The molecule has 0 spiro atoms. The topological polar surface area (TPSA) is 85.7 Å². The summed E-state index contributed by atoms with van der Waals surface area (Å²) in [6.07, 6.45) is 0.0612. The fourth-order valence-electron chi connectivity index (χ4n) is 0.721. The van der Waals surface area contributed by atoms with Crippen LogP contribution in [0.2, 0.25) is 0 Å². The van der Waals surface area contributed by atoms with E-state index in [9.17, 15) is 4.79 Å². The number of carboxylic acid groups (broad SMARTS) is 1.